The monoisotopic (exact) mass is 759 g/mol. The van der Waals surface area contributed by atoms with Gasteiger partial charge in [0.25, 0.3) is 0 Å². The first-order valence-corrected chi connectivity index (χ1v) is 24.0. The van der Waals surface area contributed by atoms with E-state index in [2.05, 4.69) is 81.2 Å². The molecule has 0 bridgehead atoms. The summed E-state index contributed by atoms with van der Waals surface area (Å²) >= 11 is 0. The molecule has 0 amide bonds. The lowest BCUT2D eigenvalue weighted by Gasteiger charge is -2.63. The molecule has 8 saturated carbocycles. The van der Waals surface area contributed by atoms with E-state index in [1.54, 1.807) is 0 Å². The Kier molecular flexibility index (Phi) is 12.2. The highest BCUT2D eigenvalue weighted by atomic mass is 31.0. The smallest absolute Gasteiger partial charge is 0.0647 e. The molecule has 8 fully saturated rings. The van der Waals surface area contributed by atoms with Gasteiger partial charge in [0.05, 0.1) is 12.2 Å². The maximum atomic E-state index is 9.82. The van der Waals surface area contributed by atoms with Crippen molar-refractivity contribution in [1.29, 1.82) is 0 Å². The molecule has 0 heterocycles. The number of aliphatic hydroxyl groups excluding tert-OH is 1. The van der Waals surface area contributed by atoms with Gasteiger partial charge in [0.2, 0.25) is 0 Å². The van der Waals surface area contributed by atoms with Crippen LogP contribution in [0.25, 0.3) is 0 Å². The lowest BCUT2D eigenvalue weighted by Crippen LogP contribution is -2.58. The Balaban J connectivity index is 0.000000162. The summed E-state index contributed by atoms with van der Waals surface area (Å²) < 4.78 is 12.3. The van der Waals surface area contributed by atoms with E-state index in [9.17, 15) is 5.11 Å². The number of hydrogen-bond acceptors (Lipinski definition) is 3. The SMILES string of the molecule is CC[C@@H](C)[C@H]1CCC2[C@@H]3C(OP)C[C@@H]4C[C@H](C)CC[C@]4(C)C3CC[C@@]21C.C[C@@H]1CC[C@]2(C)C3CC[C@@]4(C)C(CC[C@@H]4[C@H](C)CO)[C@@H]3C(OP)C[C@@H]2C1. The van der Waals surface area contributed by atoms with Crippen LogP contribution in [0.1, 0.15) is 171 Å². The van der Waals surface area contributed by atoms with E-state index in [0.717, 1.165) is 71.0 Å². The Morgan fingerprint density at radius 3 is 1.33 bits per heavy atom. The van der Waals surface area contributed by atoms with Gasteiger partial charge >= 0.3 is 0 Å². The summed E-state index contributed by atoms with van der Waals surface area (Å²) in [6, 6.07) is 0. The van der Waals surface area contributed by atoms with Crippen molar-refractivity contribution in [3.05, 3.63) is 0 Å². The number of aliphatic hydroxyl groups is 1. The molecule has 5 heteroatoms. The van der Waals surface area contributed by atoms with Crippen LogP contribution in [0.5, 0.6) is 0 Å². The fraction of sp³-hybridized carbons (Fsp3) is 1.00. The molecule has 52 heavy (non-hydrogen) atoms. The maximum Gasteiger partial charge on any atom is 0.0647 e. The zero-order valence-corrected chi connectivity index (χ0v) is 37.7. The lowest BCUT2D eigenvalue weighted by molar-refractivity contribution is -0.160. The van der Waals surface area contributed by atoms with Gasteiger partial charge in [-0.05, 0) is 194 Å². The molecule has 0 aromatic rings. The van der Waals surface area contributed by atoms with Crippen LogP contribution >= 0.6 is 18.9 Å². The molecule has 8 rings (SSSR count). The topological polar surface area (TPSA) is 38.7 Å². The van der Waals surface area contributed by atoms with E-state index in [-0.39, 0.29) is 0 Å². The Morgan fingerprint density at radius 1 is 0.558 bits per heavy atom. The van der Waals surface area contributed by atoms with Crippen molar-refractivity contribution in [3.63, 3.8) is 0 Å². The summed E-state index contributed by atoms with van der Waals surface area (Å²) in [5.41, 5.74) is 2.12. The molecule has 0 saturated heterocycles. The van der Waals surface area contributed by atoms with Crippen LogP contribution in [0.2, 0.25) is 0 Å². The van der Waals surface area contributed by atoms with Crippen LogP contribution in [-0.4, -0.2) is 23.9 Å². The van der Waals surface area contributed by atoms with Crippen molar-refractivity contribution in [2.24, 2.45) is 105 Å². The second-order valence-corrected chi connectivity index (χ2v) is 23.1. The van der Waals surface area contributed by atoms with Crippen LogP contribution < -0.4 is 0 Å². The van der Waals surface area contributed by atoms with Crippen LogP contribution in [0.3, 0.4) is 0 Å². The van der Waals surface area contributed by atoms with Crippen LogP contribution in [0, 0.1) is 105 Å². The summed E-state index contributed by atoms with van der Waals surface area (Å²) in [5, 5.41) is 9.82. The van der Waals surface area contributed by atoms with Gasteiger partial charge in [-0.3, -0.25) is 0 Å². The van der Waals surface area contributed by atoms with Crippen molar-refractivity contribution in [1.82, 2.24) is 0 Å². The number of rotatable bonds is 6. The third kappa shape index (κ3) is 6.52. The molecule has 0 aromatic heterocycles. The minimum atomic E-state index is 0.350. The molecule has 0 radical (unpaired) electrons. The molecule has 0 aliphatic heterocycles. The predicted molar refractivity (Wildman–Crippen MR) is 224 cm³/mol. The molecule has 300 valence electrons. The molecule has 0 spiro atoms. The molecule has 8 aliphatic carbocycles. The first-order valence-electron chi connectivity index (χ1n) is 23.0. The highest BCUT2D eigenvalue weighted by Crippen LogP contribution is 2.71. The summed E-state index contributed by atoms with van der Waals surface area (Å²) in [6.45, 7) is 23.0. The first kappa shape index (κ1) is 40.9. The molecular weight excluding hydrogens is 674 g/mol. The van der Waals surface area contributed by atoms with Gasteiger partial charge in [-0.15, -0.1) is 0 Å². The Morgan fingerprint density at radius 2 is 0.942 bits per heavy atom. The van der Waals surface area contributed by atoms with Crippen molar-refractivity contribution < 1.29 is 14.2 Å². The van der Waals surface area contributed by atoms with E-state index >= 15 is 0 Å². The summed E-state index contributed by atoms with van der Waals surface area (Å²) in [5.74, 6) is 11.5. The van der Waals surface area contributed by atoms with Crippen LogP contribution in [-0.2, 0) is 9.05 Å². The number of hydrogen-bond donors (Lipinski definition) is 1. The van der Waals surface area contributed by atoms with Gasteiger partial charge < -0.3 is 14.2 Å². The second-order valence-electron chi connectivity index (χ2n) is 22.6. The Hall–Kier alpha value is 0.740. The second kappa shape index (κ2) is 15.5. The molecule has 8 unspecified atom stereocenters. The van der Waals surface area contributed by atoms with Gasteiger partial charge in [-0.1, -0.05) is 81.6 Å². The molecule has 1 N–H and O–H groups in total. The van der Waals surface area contributed by atoms with E-state index in [1.165, 1.54) is 109 Å². The minimum absolute atomic E-state index is 0.350. The Labute approximate surface area is 326 Å². The average molecular weight is 759 g/mol. The molecule has 8 aliphatic rings. The third-order valence-corrected chi connectivity index (χ3v) is 21.3. The van der Waals surface area contributed by atoms with E-state index in [0.29, 0.717) is 52.3 Å². The minimum Gasteiger partial charge on any atom is -0.396 e. The highest BCUT2D eigenvalue weighted by molar-refractivity contribution is 7.10. The third-order valence-electron chi connectivity index (χ3n) is 20.6. The van der Waals surface area contributed by atoms with Crippen molar-refractivity contribution in [2.75, 3.05) is 6.61 Å². The fourth-order valence-electron chi connectivity index (χ4n) is 17.5. The van der Waals surface area contributed by atoms with Gasteiger partial charge in [0.15, 0.2) is 0 Å². The largest absolute Gasteiger partial charge is 0.396 e. The quantitative estimate of drug-likeness (QED) is 0.274. The van der Waals surface area contributed by atoms with Crippen LogP contribution in [0.15, 0.2) is 0 Å². The lowest BCUT2D eigenvalue weighted by atomic mass is 9.43. The molecule has 3 nitrogen and oxygen atoms in total. The molecule has 0 aromatic carbocycles. The summed E-state index contributed by atoms with van der Waals surface area (Å²) in [7, 11) is 5.31. The molecule has 22 atom stereocenters. The van der Waals surface area contributed by atoms with E-state index in [4.69, 9.17) is 9.05 Å². The number of fused-ring (bicyclic) bond motifs is 10. The predicted octanol–water partition coefficient (Wildman–Crippen LogP) is 12.8. The van der Waals surface area contributed by atoms with Gasteiger partial charge in [0.1, 0.15) is 0 Å². The summed E-state index contributed by atoms with van der Waals surface area (Å²) in [6.07, 6.45) is 24.8. The van der Waals surface area contributed by atoms with Gasteiger partial charge in [-0.25, -0.2) is 0 Å². The molecular formula is C47H84O3P2. The normalized spacial score (nSPS) is 54.9. The standard InChI is InChI=1S/C24H43OP.C23H41O2P/c1-6-16(3)18-7-8-19-22-20(10-12-24(18,19)5)23(4)11-9-15(2)13-17(23)14-21(22)25-26;1-14-7-9-22(3)16(11-14)12-20(25-26)21-18-6-5-17(15(2)13-24)23(18,4)10-8-19(21)22/h15-22H,6-14,26H2,1-5H3;14-21,24H,5-13,26H2,1-4H3/t15-,16-,17+,18-,19?,20?,21?,22+,23+,24-;14-,15-,16+,17-,18?,19?,20?,21+,22+,23-/m11/s1. The van der Waals surface area contributed by atoms with Gasteiger partial charge in [0, 0.05) is 25.5 Å². The van der Waals surface area contributed by atoms with Crippen molar-refractivity contribution in [2.45, 2.75) is 184 Å². The first-order chi connectivity index (χ1) is 24.7. The highest BCUT2D eigenvalue weighted by Gasteiger charge is 2.64. The zero-order chi connectivity index (χ0) is 37.4. The zero-order valence-electron chi connectivity index (χ0n) is 35.4. The van der Waals surface area contributed by atoms with E-state index < -0.39 is 0 Å². The Bertz CT molecular complexity index is 1140. The fourth-order valence-corrected chi connectivity index (χ4v) is 18.1. The summed E-state index contributed by atoms with van der Waals surface area (Å²) in [4.78, 5) is 0. The van der Waals surface area contributed by atoms with Crippen LogP contribution in [0.4, 0.5) is 0 Å². The van der Waals surface area contributed by atoms with E-state index in [1.807, 2.05) is 0 Å². The van der Waals surface area contributed by atoms with Crippen molar-refractivity contribution in [3.8, 4) is 0 Å². The average Bonchev–Trinajstić information content (AvgIpc) is 3.68. The van der Waals surface area contributed by atoms with Gasteiger partial charge in [-0.2, -0.15) is 0 Å². The maximum absolute atomic E-state index is 9.82. The van der Waals surface area contributed by atoms with Crippen molar-refractivity contribution >= 4 is 18.9 Å².